The van der Waals surface area contributed by atoms with Crippen molar-refractivity contribution in [3.05, 3.63) is 22.7 Å². The van der Waals surface area contributed by atoms with E-state index in [9.17, 15) is 0 Å². The molecular formula is C13H18BrNO. The highest BCUT2D eigenvalue weighted by molar-refractivity contribution is 9.10. The van der Waals surface area contributed by atoms with E-state index in [-0.39, 0.29) is 0 Å². The normalized spacial score (nSPS) is 18.1. The molecule has 1 aromatic rings. The SMILES string of the molecule is Nc1cccc(OC2CCCCCC2)c1Br. The van der Waals surface area contributed by atoms with Gasteiger partial charge in [0.15, 0.2) is 0 Å². The van der Waals surface area contributed by atoms with E-state index in [1.165, 1.54) is 38.5 Å². The van der Waals surface area contributed by atoms with Crippen molar-refractivity contribution in [1.29, 1.82) is 0 Å². The van der Waals surface area contributed by atoms with Crippen molar-refractivity contribution in [2.24, 2.45) is 0 Å². The van der Waals surface area contributed by atoms with Gasteiger partial charge >= 0.3 is 0 Å². The Balaban J connectivity index is 2.04. The molecule has 0 amide bonds. The zero-order valence-corrected chi connectivity index (χ0v) is 11.0. The monoisotopic (exact) mass is 283 g/mol. The van der Waals surface area contributed by atoms with Crippen LogP contribution in [0.15, 0.2) is 22.7 Å². The van der Waals surface area contributed by atoms with Crippen LogP contribution in [-0.2, 0) is 0 Å². The second-order valence-electron chi connectivity index (χ2n) is 4.39. The lowest BCUT2D eigenvalue weighted by molar-refractivity contribution is 0.182. The van der Waals surface area contributed by atoms with Crippen LogP contribution in [0.25, 0.3) is 0 Å². The molecule has 0 saturated heterocycles. The smallest absolute Gasteiger partial charge is 0.135 e. The second kappa shape index (κ2) is 5.58. The van der Waals surface area contributed by atoms with Gasteiger partial charge < -0.3 is 10.5 Å². The number of anilines is 1. The number of nitrogens with two attached hydrogens (primary N) is 1. The average Bonchev–Trinajstić information content (AvgIpc) is 2.53. The van der Waals surface area contributed by atoms with Gasteiger partial charge in [-0.25, -0.2) is 0 Å². The van der Waals surface area contributed by atoms with Crippen LogP contribution in [0.1, 0.15) is 38.5 Å². The molecule has 0 unspecified atom stereocenters. The molecule has 1 fully saturated rings. The molecule has 0 heterocycles. The molecule has 2 N–H and O–H groups in total. The molecule has 1 aliphatic rings. The first-order valence-electron chi connectivity index (χ1n) is 5.98. The van der Waals surface area contributed by atoms with Crippen molar-refractivity contribution in [1.82, 2.24) is 0 Å². The number of hydrogen-bond donors (Lipinski definition) is 1. The maximum Gasteiger partial charge on any atom is 0.135 e. The van der Waals surface area contributed by atoms with Crippen LogP contribution in [0.5, 0.6) is 5.75 Å². The van der Waals surface area contributed by atoms with Crippen LogP contribution in [0.3, 0.4) is 0 Å². The van der Waals surface area contributed by atoms with Gasteiger partial charge in [0.2, 0.25) is 0 Å². The van der Waals surface area contributed by atoms with Gasteiger partial charge in [0, 0.05) is 5.69 Å². The maximum atomic E-state index is 6.02. The van der Waals surface area contributed by atoms with Crippen molar-refractivity contribution in [2.45, 2.75) is 44.6 Å². The van der Waals surface area contributed by atoms with E-state index in [0.717, 1.165) is 15.9 Å². The molecule has 1 aromatic carbocycles. The van der Waals surface area contributed by atoms with E-state index >= 15 is 0 Å². The fraction of sp³-hybridized carbons (Fsp3) is 0.538. The molecule has 0 radical (unpaired) electrons. The van der Waals surface area contributed by atoms with Crippen LogP contribution in [0.4, 0.5) is 5.69 Å². The summed E-state index contributed by atoms with van der Waals surface area (Å²) in [5.41, 5.74) is 6.57. The molecule has 2 nitrogen and oxygen atoms in total. The van der Waals surface area contributed by atoms with Crippen molar-refractivity contribution in [3.8, 4) is 5.75 Å². The van der Waals surface area contributed by atoms with Gasteiger partial charge in [0.25, 0.3) is 0 Å². The van der Waals surface area contributed by atoms with Crippen LogP contribution in [0.2, 0.25) is 0 Å². The zero-order chi connectivity index (χ0) is 11.4. The van der Waals surface area contributed by atoms with E-state index in [2.05, 4.69) is 15.9 Å². The zero-order valence-electron chi connectivity index (χ0n) is 9.42. The summed E-state index contributed by atoms with van der Waals surface area (Å²) in [5, 5.41) is 0. The summed E-state index contributed by atoms with van der Waals surface area (Å²) in [6.07, 6.45) is 7.95. The number of rotatable bonds is 2. The topological polar surface area (TPSA) is 35.2 Å². The maximum absolute atomic E-state index is 6.02. The lowest BCUT2D eigenvalue weighted by Gasteiger charge is -2.18. The quantitative estimate of drug-likeness (QED) is 0.654. The Morgan fingerprint density at radius 1 is 1.12 bits per heavy atom. The fourth-order valence-electron chi connectivity index (χ4n) is 2.16. The minimum atomic E-state index is 0.362. The fourth-order valence-corrected chi connectivity index (χ4v) is 2.52. The van der Waals surface area contributed by atoms with E-state index in [1.807, 2.05) is 18.2 Å². The van der Waals surface area contributed by atoms with E-state index in [1.54, 1.807) is 0 Å². The third kappa shape index (κ3) is 2.91. The molecule has 1 saturated carbocycles. The van der Waals surface area contributed by atoms with E-state index in [0.29, 0.717) is 6.10 Å². The molecule has 0 bridgehead atoms. The molecule has 0 atom stereocenters. The first-order valence-corrected chi connectivity index (χ1v) is 6.77. The Kier molecular flexibility index (Phi) is 4.10. The highest BCUT2D eigenvalue weighted by Crippen LogP contribution is 2.32. The second-order valence-corrected chi connectivity index (χ2v) is 5.18. The van der Waals surface area contributed by atoms with Crippen LogP contribution in [0, 0.1) is 0 Å². The van der Waals surface area contributed by atoms with Gasteiger partial charge in [-0.2, -0.15) is 0 Å². The summed E-state index contributed by atoms with van der Waals surface area (Å²) < 4.78 is 6.91. The Hall–Kier alpha value is -0.700. The number of benzene rings is 1. The third-order valence-electron chi connectivity index (χ3n) is 3.09. The van der Waals surface area contributed by atoms with Crippen molar-refractivity contribution >= 4 is 21.6 Å². The predicted molar refractivity (Wildman–Crippen MR) is 70.7 cm³/mol. The van der Waals surface area contributed by atoms with E-state index < -0.39 is 0 Å². The van der Waals surface area contributed by atoms with Crippen LogP contribution >= 0.6 is 15.9 Å². The summed E-state index contributed by atoms with van der Waals surface area (Å²) in [6.45, 7) is 0. The molecule has 16 heavy (non-hydrogen) atoms. The first kappa shape index (κ1) is 11.8. The number of nitrogen functional groups attached to an aromatic ring is 1. The molecule has 3 heteroatoms. The summed E-state index contributed by atoms with van der Waals surface area (Å²) in [7, 11) is 0. The Morgan fingerprint density at radius 2 is 1.81 bits per heavy atom. The number of halogens is 1. The highest BCUT2D eigenvalue weighted by atomic mass is 79.9. The van der Waals surface area contributed by atoms with Crippen LogP contribution < -0.4 is 10.5 Å². The molecule has 0 aromatic heterocycles. The van der Waals surface area contributed by atoms with E-state index in [4.69, 9.17) is 10.5 Å². The van der Waals surface area contributed by atoms with Gasteiger partial charge in [0.05, 0.1) is 10.6 Å². The van der Waals surface area contributed by atoms with Crippen LogP contribution in [-0.4, -0.2) is 6.10 Å². The molecule has 0 aliphatic heterocycles. The molecule has 0 spiro atoms. The summed E-state index contributed by atoms with van der Waals surface area (Å²) >= 11 is 3.48. The van der Waals surface area contributed by atoms with Crippen molar-refractivity contribution in [3.63, 3.8) is 0 Å². The van der Waals surface area contributed by atoms with Gasteiger partial charge in [-0.05, 0) is 53.7 Å². The van der Waals surface area contributed by atoms with Gasteiger partial charge in [-0.15, -0.1) is 0 Å². The summed E-state index contributed by atoms with van der Waals surface area (Å²) in [5.74, 6) is 0.881. The summed E-state index contributed by atoms with van der Waals surface area (Å²) in [4.78, 5) is 0. The minimum absolute atomic E-state index is 0.362. The molecule has 88 valence electrons. The van der Waals surface area contributed by atoms with Gasteiger partial charge in [-0.3, -0.25) is 0 Å². The van der Waals surface area contributed by atoms with Gasteiger partial charge in [0.1, 0.15) is 5.75 Å². The standard InChI is InChI=1S/C13H18BrNO/c14-13-11(15)8-5-9-12(13)16-10-6-3-1-2-4-7-10/h5,8-10H,1-4,6-7,15H2. The molecule has 1 aliphatic carbocycles. The number of hydrogen-bond acceptors (Lipinski definition) is 2. The first-order chi connectivity index (χ1) is 7.77. The molecule has 2 rings (SSSR count). The molecular weight excluding hydrogens is 266 g/mol. The van der Waals surface area contributed by atoms with Gasteiger partial charge in [-0.1, -0.05) is 18.9 Å². The Labute approximate surface area is 105 Å². The average molecular weight is 284 g/mol. The lowest BCUT2D eigenvalue weighted by atomic mass is 10.1. The van der Waals surface area contributed by atoms with Crippen molar-refractivity contribution in [2.75, 3.05) is 5.73 Å². The Bertz CT molecular complexity index is 346. The Morgan fingerprint density at radius 3 is 2.50 bits per heavy atom. The van der Waals surface area contributed by atoms with Crippen molar-refractivity contribution < 1.29 is 4.74 Å². The summed E-state index contributed by atoms with van der Waals surface area (Å²) in [6, 6.07) is 5.79. The lowest BCUT2D eigenvalue weighted by Crippen LogP contribution is -2.15. The predicted octanol–water partition coefficient (Wildman–Crippen LogP) is 4.13. The number of ether oxygens (including phenoxy) is 1. The largest absolute Gasteiger partial charge is 0.489 e. The minimum Gasteiger partial charge on any atom is -0.489 e. The highest BCUT2D eigenvalue weighted by Gasteiger charge is 2.15. The third-order valence-corrected chi connectivity index (χ3v) is 3.94.